The van der Waals surface area contributed by atoms with Crippen LogP contribution in [0.25, 0.3) is 10.0 Å². The van der Waals surface area contributed by atoms with Gasteiger partial charge in [-0.15, -0.1) is 6.54 Å². The molecule has 0 radical (unpaired) electrons. The van der Waals surface area contributed by atoms with Gasteiger partial charge in [0.15, 0.2) is 0 Å². The minimum atomic E-state index is -3.54. The molecule has 0 bridgehead atoms. The average Bonchev–Trinajstić information content (AvgIpc) is 2.49. The summed E-state index contributed by atoms with van der Waals surface area (Å²) < 4.78 is 27.4. The maximum Gasteiger partial charge on any atom is 3.00 e. The fourth-order valence-electron chi connectivity index (χ4n) is 1.69. The standard InChI is InChI=1S/C15H16N2O2S.CH3.Ir/c18-20(19,15-9-5-2-6-10-15)17-12-11-16-13-14-7-3-1-4-8-14;;/h1-10H,11-13H2;1H3;/q-2;-1;+3. The molecule has 2 rings (SSSR count). The van der Waals surface area contributed by atoms with E-state index in [1.165, 1.54) is 0 Å². The van der Waals surface area contributed by atoms with Gasteiger partial charge in [0.2, 0.25) is 0 Å². The van der Waals surface area contributed by atoms with Gasteiger partial charge in [0.05, 0.1) is 0 Å². The summed E-state index contributed by atoms with van der Waals surface area (Å²) in [6.45, 7) is 1.17. The second kappa shape index (κ2) is 10.6. The van der Waals surface area contributed by atoms with Gasteiger partial charge in [-0.3, -0.25) is 0 Å². The van der Waals surface area contributed by atoms with E-state index in [4.69, 9.17) is 0 Å². The van der Waals surface area contributed by atoms with Gasteiger partial charge in [0.1, 0.15) is 10.0 Å². The van der Waals surface area contributed by atoms with Crippen LogP contribution in [-0.2, 0) is 36.7 Å². The second-order valence-corrected chi connectivity index (χ2v) is 5.91. The summed E-state index contributed by atoms with van der Waals surface area (Å²) in [6.07, 6.45) is 0. The third-order valence-electron chi connectivity index (χ3n) is 2.70. The van der Waals surface area contributed by atoms with Crippen molar-refractivity contribution < 1.29 is 28.5 Å². The predicted molar refractivity (Wildman–Crippen MR) is 86.6 cm³/mol. The molecule has 0 saturated heterocycles. The number of hydrogen-bond donors (Lipinski definition) is 0. The van der Waals surface area contributed by atoms with Crippen LogP contribution in [0.15, 0.2) is 65.6 Å². The maximum absolute atomic E-state index is 11.9. The Bertz CT molecular complexity index is 619. The molecule has 22 heavy (non-hydrogen) atoms. The fourth-order valence-corrected chi connectivity index (χ4v) is 2.66. The molecule has 0 unspecified atom stereocenters. The summed E-state index contributed by atoms with van der Waals surface area (Å²) in [5.74, 6) is 0. The van der Waals surface area contributed by atoms with Crippen molar-refractivity contribution in [2.45, 2.75) is 11.4 Å². The Hall–Kier alpha value is -1.04. The first-order valence-electron chi connectivity index (χ1n) is 6.34. The normalized spacial score (nSPS) is 10.4. The van der Waals surface area contributed by atoms with E-state index in [1.54, 1.807) is 30.3 Å². The minimum Gasteiger partial charge on any atom is -0.660 e. The van der Waals surface area contributed by atoms with E-state index in [2.05, 4.69) is 10.0 Å². The Labute approximate surface area is 146 Å². The van der Waals surface area contributed by atoms with Crippen LogP contribution >= 0.6 is 0 Å². The van der Waals surface area contributed by atoms with Crippen molar-refractivity contribution >= 4 is 10.0 Å². The third-order valence-corrected chi connectivity index (χ3v) is 4.09. The van der Waals surface area contributed by atoms with Crippen molar-refractivity contribution in [3.8, 4) is 0 Å². The van der Waals surface area contributed by atoms with Gasteiger partial charge in [-0.25, -0.2) is 8.42 Å². The molecule has 2 aromatic carbocycles. The zero-order chi connectivity index (χ0) is 14.3. The van der Waals surface area contributed by atoms with Crippen LogP contribution in [0.4, 0.5) is 0 Å². The Morgan fingerprint density at radius 2 is 1.36 bits per heavy atom. The van der Waals surface area contributed by atoms with Gasteiger partial charge in [0.25, 0.3) is 0 Å². The molecule has 0 aliphatic heterocycles. The molecule has 0 fully saturated rings. The van der Waals surface area contributed by atoms with Crippen molar-refractivity contribution in [1.29, 1.82) is 0 Å². The number of rotatable bonds is 7. The Morgan fingerprint density at radius 3 is 1.95 bits per heavy atom. The van der Waals surface area contributed by atoms with Gasteiger partial charge < -0.3 is 17.5 Å². The van der Waals surface area contributed by atoms with Crippen molar-refractivity contribution in [3.05, 3.63) is 83.7 Å². The summed E-state index contributed by atoms with van der Waals surface area (Å²) in [5, 5.41) is 4.28. The van der Waals surface area contributed by atoms with Gasteiger partial charge in [-0.2, -0.15) is 13.1 Å². The van der Waals surface area contributed by atoms with E-state index in [0.29, 0.717) is 13.1 Å². The Morgan fingerprint density at radius 1 is 0.818 bits per heavy atom. The van der Waals surface area contributed by atoms with Crippen LogP contribution in [0.5, 0.6) is 0 Å². The monoisotopic (exact) mass is 496 g/mol. The van der Waals surface area contributed by atoms with Gasteiger partial charge in [0, 0.05) is 4.90 Å². The zero-order valence-corrected chi connectivity index (χ0v) is 15.6. The number of hydrogen-bond acceptors (Lipinski definition) is 2. The summed E-state index contributed by atoms with van der Waals surface area (Å²) in [7, 11) is -3.54. The number of benzene rings is 2. The summed E-state index contributed by atoms with van der Waals surface area (Å²) in [6, 6.07) is 18.1. The first-order chi connectivity index (χ1) is 9.68. The molecule has 0 aliphatic rings. The van der Waals surface area contributed by atoms with E-state index in [9.17, 15) is 8.42 Å². The topological polar surface area (TPSA) is 62.3 Å². The fraction of sp³-hybridized carbons (Fsp3) is 0.188. The van der Waals surface area contributed by atoms with Crippen molar-refractivity contribution in [1.82, 2.24) is 0 Å². The van der Waals surface area contributed by atoms with Crippen molar-refractivity contribution in [3.63, 3.8) is 0 Å². The molecule has 0 aliphatic carbocycles. The molecule has 0 heterocycles. The quantitative estimate of drug-likeness (QED) is 0.434. The third kappa shape index (κ3) is 6.81. The van der Waals surface area contributed by atoms with Gasteiger partial charge in [-0.1, -0.05) is 54.1 Å². The molecule has 6 heteroatoms. The van der Waals surface area contributed by atoms with E-state index in [-0.39, 0.29) is 39.0 Å². The van der Waals surface area contributed by atoms with Gasteiger partial charge in [-0.05, 0) is 12.1 Å². The SMILES string of the molecule is O=S(=O)([N-]CC[N-]Cc1ccccc1)c1ccccc1.[CH3-].[Ir+3]. The molecule has 0 spiro atoms. The van der Waals surface area contributed by atoms with Crippen LogP contribution in [-0.4, -0.2) is 21.5 Å². The first kappa shape index (κ1) is 21.0. The molecular formula is C16H19IrN2O2S. The van der Waals surface area contributed by atoms with Crippen LogP contribution in [0.3, 0.4) is 0 Å². The number of nitrogens with zero attached hydrogens (tertiary/aromatic N) is 2. The zero-order valence-electron chi connectivity index (χ0n) is 12.3. The smallest absolute Gasteiger partial charge is 0.660 e. The maximum atomic E-state index is 11.9. The van der Waals surface area contributed by atoms with Crippen molar-refractivity contribution in [2.24, 2.45) is 0 Å². The summed E-state index contributed by atoms with van der Waals surface area (Å²) in [5.41, 5.74) is 1.11. The molecule has 0 atom stereocenters. The molecule has 0 amide bonds. The van der Waals surface area contributed by atoms with Crippen LogP contribution in [0.2, 0.25) is 0 Å². The second-order valence-electron chi connectivity index (χ2n) is 4.23. The molecule has 0 saturated carbocycles. The summed E-state index contributed by atoms with van der Waals surface area (Å²) in [4.78, 5) is 0.225. The summed E-state index contributed by atoms with van der Waals surface area (Å²) >= 11 is 0. The van der Waals surface area contributed by atoms with Crippen molar-refractivity contribution in [2.75, 3.05) is 13.1 Å². The van der Waals surface area contributed by atoms with Crippen LogP contribution < -0.4 is 0 Å². The predicted octanol–water partition coefficient (Wildman–Crippen LogP) is 3.77. The van der Waals surface area contributed by atoms with Crippen LogP contribution in [0.1, 0.15) is 5.56 Å². The number of sulfonamides is 1. The van der Waals surface area contributed by atoms with E-state index < -0.39 is 10.0 Å². The Balaban J connectivity index is 0.00000220. The van der Waals surface area contributed by atoms with E-state index >= 15 is 0 Å². The molecule has 120 valence electrons. The molecule has 0 aromatic heterocycles. The van der Waals surface area contributed by atoms with Crippen LogP contribution in [0, 0.1) is 7.43 Å². The molecular weight excluding hydrogens is 476 g/mol. The molecule has 4 nitrogen and oxygen atoms in total. The largest absolute Gasteiger partial charge is 3.00 e. The van der Waals surface area contributed by atoms with E-state index in [1.807, 2.05) is 30.3 Å². The minimum absolute atomic E-state index is 0. The first-order valence-corrected chi connectivity index (χ1v) is 7.78. The van der Waals surface area contributed by atoms with Gasteiger partial charge >= 0.3 is 20.1 Å². The molecule has 2 aromatic rings. The molecule has 0 N–H and O–H groups in total. The Kier molecular flexibility index (Phi) is 10.1. The average molecular weight is 496 g/mol. The van der Waals surface area contributed by atoms with E-state index in [0.717, 1.165) is 5.56 Å².